The van der Waals surface area contributed by atoms with E-state index in [0.717, 1.165) is 19.4 Å². The van der Waals surface area contributed by atoms with Gasteiger partial charge in [0.25, 0.3) is 0 Å². The fourth-order valence-corrected chi connectivity index (χ4v) is 3.22. The maximum absolute atomic E-state index is 6.22. The zero-order chi connectivity index (χ0) is 13.3. The average Bonchev–Trinajstić information content (AvgIpc) is 2.62. The third-order valence-electron chi connectivity index (χ3n) is 4.10. The molecule has 1 saturated carbocycles. The van der Waals surface area contributed by atoms with Crippen molar-refractivity contribution in [3.63, 3.8) is 0 Å². The largest absolute Gasteiger partial charge is 0.374 e. The Labute approximate surface area is 113 Å². The van der Waals surface area contributed by atoms with Crippen molar-refractivity contribution in [2.45, 2.75) is 76.9 Å². The minimum absolute atomic E-state index is 0.0510. The highest BCUT2D eigenvalue weighted by Crippen LogP contribution is 2.35. The van der Waals surface area contributed by atoms with Gasteiger partial charge >= 0.3 is 0 Å². The van der Waals surface area contributed by atoms with E-state index < -0.39 is 0 Å². The van der Waals surface area contributed by atoms with Gasteiger partial charge in [0.2, 0.25) is 0 Å². The summed E-state index contributed by atoms with van der Waals surface area (Å²) in [6, 6.07) is 0.441. The van der Waals surface area contributed by atoms with Gasteiger partial charge in [-0.05, 0) is 40.2 Å². The molecule has 0 amide bonds. The van der Waals surface area contributed by atoms with Gasteiger partial charge in [0.1, 0.15) is 0 Å². The van der Waals surface area contributed by atoms with Crippen molar-refractivity contribution in [2.75, 3.05) is 13.7 Å². The summed E-state index contributed by atoms with van der Waals surface area (Å²) >= 11 is 0. The van der Waals surface area contributed by atoms with Crippen molar-refractivity contribution in [1.29, 1.82) is 0 Å². The number of ether oxygens (including phenoxy) is 1. The zero-order valence-electron chi connectivity index (χ0n) is 12.3. The number of hydrogen-bond donors (Lipinski definition) is 1. The maximum atomic E-state index is 6.22. The Kier molecular flexibility index (Phi) is 7.39. The zero-order valence-corrected chi connectivity index (χ0v) is 12.3. The van der Waals surface area contributed by atoms with Gasteiger partial charge in [0, 0.05) is 19.1 Å². The molecule has 1 atom stereocenters. The fraction of sp³-hybridized carbons (Fsp3) is 0.875. The summed E-state index contributed by atoms with van der Waals surface area (Å²) in [4.78, 5) is 0. The second-order valence-electron chi connectivity index (χ2n) is 5.22. The van der Waals surface area contributed by atoms with Crippen LogP contribution in [-0.2, 0) is 4.74 Å². The Morgan fingerprint density at radius 1 is 1.22 bits per heavy atom. The maximum Gasteiger partial charge on any atom is 0.0834 e. The molecule has 0 aromatic rings. The Balaban J connectivity index is 2.72. The topological polar surface area (TPSA) is 21.3 Å². The summed E-state index contributed by atoms with van der Waals surface area (Å²) in [7, 11) is 2.07. The first-order chi connectivity index (χ1) is 8.79. The van der Waals surface area contributed by atoms with Crippen LogP contribution in [0.4, 0.5) is 0 Å². The third-order valence-corrected chi connectivity index (χ3v) is 4.10. The monoisotopic (exact) mass is 251 g/mol. The van der Waals surface area contributed by atoms with Crippen LogP contribution in [0.15, 0.2) is 0 Å². The van der Waals surface area contributed by atoms with E-state index in [-0.39, 0.29) is 5.60 Å². The molecule has 1 rings (SSSR count). The number of rotatable bonds is 6. The van der Waals surface area contributed by atoms with Crippen molar-refractivity contribution >= 4 is 0 Å². The quantitative estimate of drug-likeness (QED) is 0.576. The van der Waals surface area contributed by atoms with Gasteiger partial charge in [-0.15, -0.1) is 11.8 Å². The van der Waals surface area contributed by atoms with Gasteiger partial charge in [-0.1, -0.05) is 25.7 Å². The van der Waals surface area contributed by atoms with Crippen LogP contribution in [0.5, 0.6) is 0 Å². The lowest BCUT2D eigenvalue weighted by molar-refractivity contribution is -0.0767. The van der Waals surface area contributed by atoms with Crippen LogP contribution in [-0.4, -0.2) is 25.3 Å². The second kappa shape index (κ2) is 8.56. The minimum Gasteiger partial charge on any atom is -0.374 e. The second-order valence-corrected chi connectivity index (χ2v) is 5.22. The molecular formula is C16H29NO. The molecule has 0 aromatic carbocycles. The summed E-state index contributed by atoms with van der Waals surface area (Å²) in [5.41, 5.74) is 0.0510. The lowest BCUT2D eigenvalue weighted by Gasteiger charge is -2.40. The van der Waals surface area contributed by atoms with Gasteiger partial charge in [0.15, 0.2) is 0 Å². The van der Waals surface area contributed by atoms with Crippen molar-refractivity contribution in [3.05, 3.63) is 0 Å². The minimum atomic E-state index is 0.0510. The molecule has 0 bridgehead atoms. The third kappa shape index (κ3) is 4.30. The molecule has 2 heteroatoms. The van der Waals surface area contributed by atoms with Crippen LogP contribution in [0.3, 0.4) is 0 Å². The first-order valence-electron chi connectivity index (χ1n) is 7.50. The Morgan fingerprint density at radius 3 is 2.39 bits per heavy atom. The first-order valence-corrected chi connectivity index (χ1v) is 7.50. The molecule has 104 valence electrons. The SMILES string of the molecule is CC#CCCC(NC)C1(OCC)CCCCCC1. The van der Waals surface area contributed by atoms with Gasteiger partial charge < -0.3 is 10.1 Å². The van der Waals surface area contributed by atoms with E-state index in [4.69, 9.17) is 4.74 Å². The molecule has 1 aliphatic rings. The Hall–Kier alpha value is -0.520. The lowest BCUT2D eigenvalue weighted by Crippen LogP contribution is -2.51. The first kappa shape index (κ1) is 15.5. The van der Waals surface area contributed by atoms with Crippen molar-refractivity contribution in [3.8, 4) is 11.8 Å². The molecule has 1 N–H and O–H groups in total. The molecule has 0 spiro atoms. The summed E-state index contributed by atoms with van der Waals surface area (Å²) in [6.07, 6.45) is 9.79. The molecule has 1 aliphatic carbocycles. The highest BCUT2D eigenvalue weighted by molar-refractivity contribution is 5.00. The standard InChI is InChI=1S/C16H29NO/c1-4-6-9-12-15(17-3)16(18-5-2)13-10-7-8-11-14-16/h15,17H,5,7-14H2,1-3H3. The summed E-state index contributed by atoms with van der Waals surface area (Å²) in [5, 5.41) is 3.49. The highest BCUT2D eigenvalue weighted by Gasteiger charge is 2.38. The van der Waals surface area contributed by atoms with E-state index in [1.165, 1.54) is 38.5 Å². The van der Waals surface area contributed by atoms with E-state index in [9.17, 15) is 0 Å². The van der Waals surface area contributed by atoms with Crippen LogP contribution in [0, 0.1) is 11.8 Å². The van der Waals surface area contributed by atoms with Gasteiger partial charge in [-0.3, -0.25) is 0 Å². The smallest absolute Gasteiger partial charge is 0.0834 e. The molecule has 0 aliphatic heterocycles. The van der Waals surface area contributed by atoms with Crippen molar-refractivity contribution in [1.82, 2.24) is 5.32 Å². The van der Waals surface area contributed by atoms with Crippen LogP contribution in [0.2, 0.25) is 0 Å². The molecule has 18 heavy (non-hydrogen) atoms. The summed E-state index contributed by atoms with van der Waals surface area (Å²) < 4.78 is 6.22. The van der Waals surface area contributed by atoms with E-state index in [1.54, 1.807) is 0 Å². The number of likely N-dealkylation sites (N-methyl/N-ethyl adjacent to an activating group) is 1. The molecular weight excluding hydrogens is 222 g/mol. The van der Waals surface area contributed by atoms with E-state index in [0.29, 0.717) is 6.04 Å². The van der Waals surface area contributed by atoms with E-state index in [2.05, 4.69) is 31.1 Å². The number of nitrogens with one attached hydrogen (secondary N) is 1. The van der Waals surface area contributed by atoms with Gasteiger partial charge in [-0.2, -0.15) is 0 Å². The van der Waals surface area contributed by atoms with Crippen molar-refractivity contribution in [2.24, 2.45) is 0 Å². The van der Waals surface area contributed by atoms with Crippen LogP contribution >= 0.6 is 0 Å². The Bertz CT molecular complexity index is 269. The van der Waals surface area contributed by atoms with Crippen molar-refractivity contribution < 1.29 is 4.74 Å². The molecule has 1 unspecified atom stereocenters. The molecule has 1 fully saturated rings. The van der Waals surface area contributed by atoms with Gasteiger partial charge in [0.05, 0.1) is 5.60 Å². The van der Waals surface area contributed by atoms with Crippen LogP contribution in [0.25, 0.3) is 0 Å². The molecule has 0 aromatic heterocycles. The predicted molar refractivity (Wildman–Crippen MR) is 77.6 cm³/mol. The fourth-order valence-electron chi connectivity index (χ4n) is 3.22. The van der Waals surface area contributed by atoms with E-state index >= 15 is 0 Å². The predicted octanol–water partition coefficient (Wildman–Crippen LogP) is 3.51. The Morgan fingerprint density at radius 2 is 1.89 bits per heavy atom. The summed E-state index contributed by atoms with van der Waals surface area (Å²) in [6.45, 7) is 4.85. The van der Waals surface area contributed by atoms with Crippen LogP contribution in [0.1, 0.15) is 65.2 Å². The highest BCUT2D eigenvalue weighted by atomic mass is 16.5. The average molecular weight is 251 g/mol. The van der Waals surface area contributed by atoms with Gasteiger partial charge in [-0.25, -0.2) is 0 Å². The lowest BCUT2D eigenvalue weighted by atomic mass is 9.83. The number of hydrogen-bond acceptors (Lipinski definition) is 2. The normalized spacial score (nSPS) is 20.6. The molecule has 0 saturated heterocycles. The molecule has 0 heterocycles. The molecule has 2 nitrogen and oxygen atoms in total. The summed E-state index contributed by atoms with van der Waals surface area (Å²) in [5.74, 6) is 6.17. The van der Waals surface area contributed by atoms with Crippen LogP contribution < -0.4 is 5.32 Å². The molecule has 0 radical (unpaired) electrons. The van der Waals surface area contributed by atoms with E-state index in [1.807, 2.05) is 6.92 Å².